The van der Waals surface area contributed by atoms with Gasteiger partial charge in [0.15, 0.2) is 0 Å². The van der Waals surface area contributed by atoms with E-state index in [9.17, 15) is 19.7 Å². The van der Waals surface area contributed by atoms with Crippen molar-refractivity contribution in [3.63, 3.8) is 0 Å². The number of nitrogens with one attached hydrogen (secondary N) is 1. The van der Waals surface area contributed by atoms with Gasteiger partial charge in [0.2, 0.25) is 5.91 Å². The summed E-state index contributed by atoms with van der Waals surface area (Å²) in [6.45, 7) is 3.63. The lowest BCUT2D eigenvalue weighted by Crippen LogP contribution is -2.12. The van der Waals surface area contributed by atoms with Crippen LogP contribution in [0.4, 0.5) is 10.7 Å². The zero-order chi connectivity index (χ0) is 24.1. The fourth-order valence-corrected chi connectivity index (χ4v) is 4.44. The van der Waals surface area contributed by atoms with Crippen molar-refractivity contribution in [1.29, 1.82) is 0 Å². The van der Waals surface area contributed by atoms with Crippen molar-refractivity contribution >= 4 is 63.2 Å². The molecule has 0 saturated carbocycles. The van der Waals surface area contributed by atoms with E-state index >= 15 is 0 Å². The molecule has 7 nitrogen and oxygen atoms in total. The summed E-state index contributed by atoms with van der Waals surface area (Å²) in [5, 5.41) is 14.8. The summed E-state index contributed by atoms with van der Waals surface area (Å²) in [7, 11) is 0. The predicted molar refractivity (Wildman–Crippen MR) is 131 cm³/mol. The van der Waals surface area contributed by atoms with E-state index in [1.54, 1.807) is 50.3 Å². The maximum atomic E-state index is 12.8. The van der Waals surface area contributed by atoms with Crippen LogP contribution in [0.5, 0.6) is 0 Å². The molecule has 3 rings (SSSR count). The molecule has 0 spiro atoms. The Kier molecular flexibility index (Phi) is 7.86. The van der Waals surface area contributed by atoms with Crippen molar-refractivity contribution in [3.8, 4) is 11.1 Å². The smallest absolute Gasteiger partial charge is 0.341 e. The maximum absolute atomic E-state index is 12.8. The largest absolute Gasteiger partial charge is 0.462 e. The number of benzene rings is 2. The van der Waals surface area contributed by atoms with Gasteiger partial charge in [-0.2, -0.15) is 0 Å². The Bertz CT molecular complexity index is 1250. The van der Waals surface area contributed by atoms with E-state index in [0.29, 0.717) is 31.7 Å². The highest BCUT2D eigenvalue weighted by Crippen LogP contribution is 2.41. The van der Waals surface area contributed by atoms with Crippen LogP contribution in [-0.4, -0.2) is 23.4 Å². The number of nitrogens with zero attached hydrogens (tertiary/aromatic N) is 1. The second-order valence-corrected chi connectivity index (χ2v) is 8.80. The van der Waals surface area contributed by atoms with Crippen molar-refractivity contribution in [2.75, 3.05) is 11.9 Å². The first kappa shape index (κ1) is 24.4. The zero-order valence-corrected chi connectivity index (χ0v) is 19.9. The summed E-state index contributed by atoms with van der Waals surface area (Å²) in [4.78, 5) is 36.5. The fraction of sp³-hybridized carbons (Fsp3) is 0.130. The van der Waals surface area contributed by atoms with Gasteiger partial charge in [-0.1, -0.05) is 29.3 Å². The number of anilines is 1. The van der Waals surface area contributed by atoms with Gasteiger partial charge in [-0.25, -0.2) is 4.79 Å². The highest BCUT2D eigenvalue weighted by molar-refractivity contribution is 7.17. The minimum Gasteiger partial charge on any atom is -0.462 e. The van der Waals surface area contributed by atoms with Crippen LogP contribution in [0.25, 0.3) is 17.2 Å². The monoisotopic (exact) mass is 504 g/mol. The Balaban J connectivity index is 1.94. The number of ether oxygens (including phenoxy) is 1. The van der Waals surface area contributed by atoms with Crippen molar-refractivity contribution < 1.29 is 19.2 Å². The molecule has 1 N–H and O–H groups in total. The van der Waals surface area contributed by atoms with Crippen LogP contribution in [0, 0.1) is 17.0 Å². The van der Waals surface area contributed by atoms with Gasteiger partial charge in [-0.15, -0.1) is 11.3 Å². The second-order valence-electron chi connectivity index (χ2n) is 6.76. The van der Waals surface area contributed by atoms with Crippen molar-refractivity contribution in [3.05, 3.63) is 84.7 Å². The van der Waals surface area contributed by atoms with E-state index in [2.05, 4.69) is 5.32 Å². The number of carbonyl (C=O) groups is 2. The number of hydrogen-bond acceptors (Lipinski definition) is 6. The highest BCUT2D eigenvalue weighted by Gasteiger charge is 2.25. The third-order valence-corrected chi connectivity index (χ3v) is 6.30. The average Bonchev–Trinajstić information content (AvgIpc) is 3.10. The molecule has 10 heteroatoms. The van der Waals surface area contributed by atoms with E-state index in [1.807, 2.05) is 0 Å². The maximum Gasteiger partial charge on any atom is 0.341 e. The molecule has 33 heavy (non-hydrogen) atoms. The van der Waals surface area contributed by atoms with Crippen LogP contribution in [0.3, 0.4) is 0 Å². The molecule has 0 bridgehead atoms. The Morgan fingerprint density at radius 2 is 1.85 bits per heavy atom. The molecule has 0 fully saturated rings. The molecule has 0 aliphatic rings. The van der Waals surface area contributed by atoms with E-state index < -0.39 is 16.8 Å². The number of thiophene rings is 1. The van der Waals surface area contributed by atoms with E-state index in [4.69, 9.17) is 27.9 Å². The molecule has 2 aromatic carbocycles. The first-order chi connectivity index (χ1) is 15.7. The fourth-order valence-electron chi connectivity index (χ4n) is 3.07. The predicted octanol–water partition coefficient (Wildman–Crippen LogP) is 6.77. The molecule has 0 aliphatic heterocycles. The van der Waals surface area contributed by atoms with Crippen LogP contribution in [0.2, 0.25) is 10.0 Å². The van der Waals surface area contributed by atoms with Crippen molar-refractivity contribution in [2.24, 2.45) is 0 Å². The molecule has 1 amide bonds. The van der Waals surface area contributed by atoms with Crippen LogP contribution in [0.1, 0.15) is 27.7 Å². The third-order valence-electron chi connectivity index (χ3n) is 4.54. The van der Waals surface area contributed by atoms with Gasteiger partial charge < -0.3 is 10.1 Å². The highest BCUT2D eigenvalue weighted by atomic mass is 35.5. The normalized spacial score (nSPS) is 10.9. The van der Waals surface area contributed by atoms with Crippen LogP contribution >= 0.6 is 34.5 Å². The molecule has 0 radical (unpaired) electrons. The number of rotatable bonds is 7. The standard InChI is InChI=1S/C23H18Cl2N2O5S/c1-3-32-23(29)21-20(15-6-8-16(9-7-15)27(30)31)13(2)33-22(21)26-19(28)11-5-14-4-10-17(24)18(25)12-14/h4-12H,3H2,1-2H3,(H,26,28). The van der Waals surface area contributed by atoms with Gasteiger partial charge in [0.25, 0.3) is 5.69 Å². The molecule has 0 saturated heterocycles. The quantitative estimate of drug-likeness (QED) is 0.165. The van der Waals surface area contributed by atoms with E-state index in [-0.39, 0.29) is 17.9 Å². The molecule has 0 atom stereocenters. The zero-order valence-electron chi connectivity index (χ0n) is 17.6. The number of esters is 1. The molecule has 0 unspecified atom stereocenters. The molecular formula is C23H18Cl2N2O5S. The van der Waals surface area contributed by atoms with Gasteiger partial charge in [-0.05, 0) is 55.3 Å². The van der Waals surface area contributed by atoms with Crippen LogP contribution in [0.15, 0.2) is 48.5 Å². The Morgan fingerprint density at radius 1 is 1.15 bits per heavy atom. The second kappa shape index (κ2) is 10.6. The van der Waals surface area contributed by atoms with Gasteiger partial charge >= 0.3 is 5.97 Å². The number of non-ortho nitro benzene ring substituents is 1. The summed E-state index contributed by atoms with van der Waals surface area (Å²) in [6, 6.07) is 10.8. The van der Waals surface area contributed by atoms with Gasteiger partial charge in [0.1, 0.15) is 10.6 Å². The lowest BCUT2D eigenvalue weighted by molar-refractivity contribution is -0.384. The van der Waals surface area contributed by atoms with E-state index in [1.165, 1.54) is 29.5 Å². The number of aryl methyl sites for hydroxylation is 1. The number of carbonyl (C=O) groups excluding carboxylic acids is 2. The lowest BCUT2D eigenvalue weighted by Gasteiger charge is -2.08. The summed E-state index contributed by atoms with van der Waals surface area (Å²) >= 11 is 13.1. The number of hydrogen-bond donors (Lipinski definition) is 1. The first-order valence-corrected chi connectivity index (χ1v) is 11.3. The molecule has 1 heterocycles. The Hall–Kier alpha value is -3.20. The van der Waals surface area contributed by atoms with Crippen LogP contribution in [-0.2, 0) is 9.53 Å². The van der Waals surface area contributed by atoms with Crippen molar-refractivity contribution in [1.82, 2.24) is 0 Å². The SMILES string of the molecule is CCOC(=O)c1c(NC(=O)C=Cc2ccc(Cl)c(Cl)c2)sc(C)c1-c1ccc([N+](=O)[O-])cc1. The van der Waals surface area contributed by atoms with Crippen molar-refractivity contribution in [2.45, 2.75) is 13.8 Å². The number of nitro benzene ring substituents is 1. The van der Waals surface area contributed by atoms with Gasteiger partial charge in [0, 0.05) is 28.6 Å². The van der Waals surface area contributed by atoms with Gasteiger partial charge in [0.05, 0.1) is 21.6 Å². The summed E-state index contributed by atoms with van der Waals surface area (Å²) in [5.41, 5.74) is 1.97. The Morgan fingerprint density at radius 3 is 2.45 bits per heavy atom. The molecule has 3 aromatic rings. The first-order valence-electron chi connectivity index (χ1n) is 9.70. The van der Waals surface area contributed by atoms with Gasteiger partial charge in [-0.3, -0.25) is 14.9 Å². The van der Waals surface area contributed by atoms with E-state index in [0.717, 1.165) is 4.88 Å². The third kappa shape index (κ3) is 5.78. The summed E-state index contributed by atoms with van der Waals surface area (Å²) < 4.78 is 5.20. The number of nitro groups is 1. The van der Waals surface area contributed by atoms with Crippen LogP contribution < -0.4 is 5.32 Å². The molecule has 1 aromatic heterocycles. The molecular weight excluding hydrogens is 487 g/mol. The molecule has 0 aliphatic carbocycles. The summed E-state index contributed by atoms with van der Waals surface area (Å²) in [6.07, 6.45) is 2.88. The minimum atomic E-state index is -0.598. The average molecular weight is 505 g/mol. The summed E-state index contributed by atoms with van der Waals surface area (Å²) in [5.74, 6) is -1.05. The Labute approximate surface area is 203 Å². The number of amides is 1. The number of halogens is 2. The minimum absolute atomic E-state index is 0.0646. The lowest BCUT2D eigenvalue weighted by atomic mass is 10.0. The topological polar surface area (TPSA) is 98.5 Å². The molecule has 170 valence electrons.